The SMILES string of the molecule is COc1ccccc1N1CCN(C(=O)CCc2ccc(S(=O)(=O)N3CCCc4ccccc43)cc2)CC1. The fourth-order valence-corrected chi connectivity index (χ4v) is 6.74. The Bertz CT molecular complexity index is 1350. The van der Waals surface area contributed by atoms with Gasteiger partial charge in [-0.2, -0.15) is 0 Å². The number of amides is 1. The van der Waals surface area contributed by atoms with Gasteiger partial charge in [0.05, 0.1) is 23.4 Å². The Balaban J connectivity index is 1.17. The van der Waals surface area contributed by atoms with Crippen molar-refractivity contribution < 1.29 is 17.9 Å². The van der Waals surface area contributed by atoms with Gasteiger partial charge in [-0.1, -0.05) is 42.5 Å². The van der Waals surface area contributed by atoms with Gasteiger partial charge in [0.15, 0.2) is 0 Å². The number of nitrogens with zero attached hydrogens (tertiary/aromatic N) is 3. The van der Waals surface area contributed by atoms with Gasteiger partial charge in [-0.3, -0.25) is 9.10 Å². The highest BCUT2D eigenvalue weighted by Gasteiger charge is 2.29. The summed E-state index contributed by atoms with van der Waals surface area (Å²) < 4.78 is 33.7. The van der Waals surface area contributed by atoms with Crippen LogP contribution >= 0.6 is 0 Å². The normalized spacial score (nSPS) is 15.9. The summed E-state index contributed by atoms with van der Waals surface area (Å²) in [5, 5.41) is 0. The van der Waals surface area contributed by atoms with Crippen molar-refractivity contribution in [2.45, 2.75) is 30.6 Å². The van der Waals surface area contributed by atoms with Crippen molar-refractivity contribution in [1.29, 1.82) is 0 Å². The Morgan fingerprint density at radius 2 is 1.51 bits per heavy atom. The topological polar surface area (TPSA) is 70.2 Å². The number of piperazine rings is 1. The first-order chi connectivity index (χ1) is 18.0. The minimum atomic E-state index is -3.63. The number of hydrogen-bond acceptors (Lipinski definition) is 5. The number of methoxy groups -OCH3 is 1. The van der Waals surface area contributed by atoms with Crippen molar-refractivity contribution in [3.05, 3.63) is 83.9 Å². The first-order valence-corrected chi connectivity index (χ1v) is 14.3. The van der Waals surface area contributed by atoms with Crippen LogP contribution in [0.15, 0.2) is 77.7 Å². The molecule has 8 heteroatoms. The number of anilines is 2. The molecular weight excluding hydrogens is 486 g/mol. The summed E-state index contributed by atoms with van der Waals surface area (Å²) in [6.45, 7) is 3.35. The minimum absolute atomic E-state index is 0.126. The van der Waals surface area contributed by atoms with E-state index in [4.69, 9.17) is 4.74 Å². The van der Waals surface area contributed by atoms with Crippen molar-refractivity contribution >= 4 is 27.3 Å². The van der Waals surface area contributed by atoms with Crippen molar-refractivity contribution in [3.8, 4) is 5.75 Å². The van der Waals surface area contributed by atoms with Gasteiger partial charge in [0.1, 0.15) is 5.75 Å². The second-order valence-corrected chi connectivity index (χ2v) is 11.4. The lowest BCUT2D eigenvalue weighted by molar-refractivity contribution is -0.131. The zero-order chi connectivity index (χ0) is 25.8. The zero-order valence-electron chi connectivity index (χ0n) is 21.2. The predicted octanol–water partition coefficient (Wildman–Crippen LogP) is 4.12. The molecule has 2 heterocycles. The molecule has 2 aliphatic rings. The maximum Gasteiger partial charge on any atom is 0.264 e. The van der Waals surface area contributed by atoms with E-state index in [1.165, 1.54) is 4.31 Å². The second kappa shape index (κ2) is 10.8. The Morgan fingerprint density at radius 3 is 2.24 bits per heavy atom. The van der Waals surface area contributed by atoms with Crippen LogP contribution in [0.25, 0.3) is 0 Å². The molecule has 0 unspecified atom stereocenters. The van der Waals surface area contributed by atoms with E-state index in [-0.39, 0.29) is 10.8 Å². The van der Waals surface area contributed by atoms with Crippen molar-refractivity contribution in [2.24, 2.45) is 0 Å². The van der Waals surface area contributed by atoms with Crippen molar-refractivity contribution in [3.63, 3.8) is 0 Å². The number of benzene rings is 3. The number of fused-ring (bicyclic) bond motifs is 1. The first-order valence-electron chi connectivity index (χ1n) is 12.8. The number of aryl methyl sites for hydroxylation is 2. The molecular formula is C29H33N3O4S. The van der Waals surface area contributed by atoms with E-state index in [0.29, 0.717) is 32.5 Å². The predicted molar refractivity (Wildman–Crippen MR) is 146 cm³/mol. The Hall–Kier alpha value is -3.52. The summed E-state index contributed by atoms with van der Waals surface area (Å²) >= 11 is 0. The third kappa shape index (κ3) is 5.30. The molecule has 2 aliphatic heterocycles. The molecule has 0 spiro atoms. The highest BCUT2D eigenvalue weighted by Crippen LogP contribution is 2.32. The second-order valence-electron chi connectivity index (χ2n) is 9.49. The summed E-state index contributed by atoms with van der Waals surface area (Å²) in [6.07, 6.45) is 2.69. The fraction of sp³-hybridized carbons (Fsp3) is 0.345. The lowest BCUT2D eigenvalue weighted by Gasteiger charge is -2.36. The number of hydrogen-bond donors (Lipinski definition) is 0. The molecule has 3 aromatic rings. The summed E-state index contributed by atoms with van der Waals surface area (Å²) in [5.74, 6) is 0.971. The van der Waals surface area contributed by atoms with Gasteiger partial charge in [-0.25, -0.2) is 8.42 Å². The smallest absolute Gasteiger partial charge is 0.264 e. The molecule has 1 saturated heterocycles. The van der Waals surface area contributed by atoms with E-state index in [1.54, 1.807) is 19.2 Å². The molecule has 0 aliphatic carbocycles. The number of para-hydroxylation sites is 3. The molecule has 5 rings (SSSR count). The average molecular weight is 520 g/mol. The summed E-state index contributed by atoms with van der Waals surface area (Å²) in [7, 11) is -1.96. The molecule has 1 fully saturated rings. The molecule has 0 N–H and O–H groups in total. The molecule has 0 bridgehead atoms. The van der Waals surface area contributed by atoms with Gasteiger partial charge < -0.3 is 14.5 Å². The average Bonchev–Trinajstić information content (AvgIpc) is 2.96. The van der Waals surface area contributed by atoms with Crippen molar-refractivity contribution in [2.75, 3.05) is 49.0 Å². The maximum absolute atomic E-state index is 13.4. The van der Waals surface area contributed by atoms with Gasteiger partial charge in [0.2, 0.25) is 5.91 Å². The van der Waals surface area contributed by atoms with Gasteiger partial charge >= 0.3 is 0 Å². The maximum atomic E-state index is 13.4. The number of carbonyl (C=O) groups excluding carboxylic acids is 1. The van der Waals surface area contributed by atoms with Crippen LogP contribution in [-0.2, 0) is 27.7 Å². The third-order valence-corrected chi connectivity index (χ3v) is 9.09. The van der Waals surface area contributed by atoms with Crippen LogP contribution < -0.4 is 13.9 Å². The fourth-order valence-electron chi connectivity index (χ4n) is 5.20. The van der Waals surface area contributed by atoms with Gasteiger partial charge in [0.25, 0.3) is 10.0 Å². The number of carbonyl (C=O) groups is 1. The molecule has 1 amide bonds. The van der Waals surface area contributed by atoms with E-state index in [2.05, 4.69) is 4.90 Å². The molecule has 0 atom stereocenters. The quantitative estimate of drug-likeness (QED) is 0.470. The molecule has 0 radical (unpaired) electrons. The van der Waals surface area contributed by atoms with Gasteiger partial charge in [-0.15, -0.1) is 0 Å². The minimum Gasteiger partial charge on any atom is -0.495 e. The van der Waals surface area contributed by atoms with Crippen LogP contribution in [0.2, 0.25) is 0 Å². The van der Waals surface area contributed by atoms with Crippen LogP contribution in [0.3, 0.4) is 0 Å². The van der Waals surface area contributed by atoms with E-state index in [9.17, 15) is 13.2 Å². The lowest BCUT2D eigenvalue weighted by Crippen LogP contribution is -2.48. The third-order valence-electron chi connectivity index (χ3n) is 7.26. The Labute approximate surface area is 219 Å². The Kier molecular flexibility index (Phi) is 7.37. The zero-order valence-corrected chi connectivity index (χ0v) is 22.0. The van der Waals surface area contributed by atoms with Gasteiger partial charge in [0, 0.05) is 39.1 Å². The lowest BCUT2D eigenvalue weighted by atomic mass is 10.0. The van der Waals surface area contributed by atoms with E-state index in [1.807, 2.05) is 65.6 Å². The molecule has 0 aromatic heterocycles. The van der Waals surface area contributed by atoms with Crippen LogP contribution in [0.4, 0.5) is 11.4 Å². The standard InChI is InChI=1S/C29H33N3O4S/c1-36-28-11-5-4-10-27(28)30-19-21-31(22-20-30)29(33)17-14-23-12-15-25(16-13-23)37(34,35)32-18-6-8-24-7-2-3-9-26(24)32/h2-5,7,9-13,15-16H,6,8,14,17-22H2,1H3. The Morgan fingerprint density at radius 1 is 0.838 bits per heavy atom. The molecule has 194 valence electrons. The van der Waals surface area contributed by atoms with Crippen LogP contribution in [0, 0.1) is 0 Å². The van der Waals surface area contributed by atoms with Crippen molar-refractivity contribution in [1.82, 2.24) is 4.90 Å². The molecule has 0 saturated carbocycles. The van der Waals surface area contributed by atoms with Crippen LogP contribution in [0.1, 0.15) is 24.0 Å². The van der Waals surface area contributed by atoms with E-state index in [0.717, 1.165) is 54.2 Å². The van der Waals surface area contributed by atoms with E-state index < -0.39 is 10.0 Å². The van der Waals surface area contributed by atoms with Crippen LogP contribution in [0.5, 0.6) is 5.75 Å². The largest absolute Gasteiger partial charge is 0.495 e. The number of ether oxygens (including phenoxy) is 1. The molecule has 3 aromatic carbocycles. The highest BCUT2D eigenvalue weighted by molar-refractivity contribution is 7.92. The summed E-state index contributed by atoms with van der Waals surface area (Å²) in [4.78, 5) is 17.3. The first kappa shape index (κ1) is 25.1. The monoisotopic (exact) mass is 519 g/mol. The summed E-state index contributed by atoms with van der Waals surface area (Å²) in [6, 6.07) is 22.6. The number of sulfonamides is 1. The highest BCUT2D eigenvalue weighted by atomic mass is 32.2. The van der Waals surface area contributed by atoms with Crippen LogP contribution in [-0.4, -0.2) is 59.1 Å². The summed E-state index contributed by atoms with van der Waals surface area (Å²) in [5.41, 5.74) is 3.85. The van der Waals surface area contributed by atoms with Gasteiger partial charge in [-0.05, 0) is 60.7 Å². The molecule has 37 heavy (non-hydrogen) atoms. The molecule has 7 nitrogen and oxygen atoms in total. The van der Waals surface area contributed by atoms with E-state index >= 15 is 0 Å². The number of rotatable bonds is 7.